The van der Waals surface area contributed by atoms with Gasteiger partial charge in [-0.2, -0.15) is 18.3 Å². The molecular weight excluding hydrogens is 484 g/mol. The largest absolute Gasteiger partial charge is 0.433 e. The van der Waals surface area contributed by atoms with E-state index in [2.05, 4.69) is 30.2 Å². The summed E-state index contributed by atoms with van der Waals surface area (Å²) in [6, 6.07) is 6.76. The fraction of sp³-hybridized carbons (Fsp3) is 0.182. The third-order valence-corrected chi connectivity index (χ3v) is 5.83. The quantitative estimate of drug-likeness (QED) is 0.379. The lowest BCUT2D eigenvalue weighted by atomic mass is 9.99. The molecule has 36 heavy (non-hydrogen) atoms. The Morgan fingerprint density at radius 2 is 2.00 bits per heavy atom. The normalized spacial score (nSPS) is 15.9. The molecule has 5 aromatic heterocycles. The van der Waals surface area contributed by atoms with E-state index in [0.717, 1.165) is 22.3 Å². The molecule has 0 aliphatic carbocycles. The molecule has 1 aliphatic heterocycles. The number of nitrogens with zero attached hydrogens (tertiary/aromatic N) is 7. The minimum Gasteiger partial charge on any atom is -0.411 e. The molecule has 1 amide bonds. The van der Waals surface area contributed by atoms with Gasteiger partial charge in [-0.25, -0.2) is 18.9 Å². The summed E-state index contributed by atoms with van der Waals surface area (Å²) in [5.41, 5.74) is 0.347. The van der Waals surface area contributed by atoms with Crippen molar-refractivity contribution in [1.29, 1.82) is 0 Å². The average Bonchev–Trinajstić information content (AvgIpc) is 3.61. The number of hydrogen-bond donors (Lipinski definition) is 1. The van der Waals surface area contributed by atoms with Gasteiger partial charge in [-0.1, -0.05) is 6.07 Å². The highest BCUT2D eigenvalue weighted by molar-refractivity contribution is 5.90. The number of carbonyl (C=O) groups excluding carboxylic acids is 1. The van der Waals surface area contributed by atoms with Crippen LogP contribution in [0.25, 0.3) is 17.1 Å². The maximum atomic E-state index is 14.1. The molecule has 5 aromatic rings. The highest BCUT2D eigenvalue weighted by Crippen LogP contribution is 2.36. The Kier molecular flexibility index (Phi) is 4.84. The van der Waals surface area contributed by atoms with Crippen LogP contribution < -0.4 is 0 Å². The van der Waals surface area contributed by atoms with Crippen LogP contribution in [0.2, 0.25) is 0 Å². The SMILES string of the molecule is O=C(c1nnc(-c2ncccc2F)o1)N1CCc2[nH]cnc2[C@@H]1c1cc2cccc(C(F)(F)F)n2n1. The molecule has 6 heterocycles. The number of carbonyl (C=O) groups is 1. The van der Waals surface area contributed by atoms with Gasteiger partial charge in [0.1, 0.15) is 11.7 Å². The lowest BCUT2D eigenvalue weighted by molar-refractivity contribution is -0.142. The van der Waals surface area contributed by atoms with Crippen molar-refractivity contribution in [2.45, 2.75) is 18.6 Å². The first-order valence-corrected chi connectivity index (χ1v) is 10.6. The first-order chi connectivity index (χ1) is 17.3. The zero-order chi connectivity index (χ0) is 25.0. The van der Waals surface area contributed by atoms with E-state index in [0.29, 0.717) is 12.1 Å². The van der Waals surface area contributed by atoms with Crippen LogP contribution in [0.1, 0.15) is 39.5 Å². The van der Waals surface area contributed by atoms with E-state index in [9.17, 15) is 22.4 Å². The molecule has 0 radical (unpaired) electrons. The van der Waals surface area contributed by atoms with Crippen LogP contribution in [0.3, 0.4) is 0 Å². The van der Waals surface area contributed by atoms with Crippen LogP contribution in [0, 0.1) is 5.82 Å². The van der Waals surface area contributed by atoms with Crippen molar-refractivity contribution in [2.75, 3.05) is 6.54 Å². The van der Waals surface area contributed by atoms with Gasteiger partial charge in [-0.3, -0.25) is 4.79 Å². The van der Waals surface area contributed by atoms with Gasteiger partial charge in [0.2, 0.25) is 0 Å². The second-order valence-electron chi connectivity index (χ2n) is 7.98. The predicted octanol–water partition coefficient (Wildman–Crippen LogP) is 3.45. The van der Waals surface area contributed by atoms with E-state index in [1.54, 1.807) is 0 Å². The first-order valence-electron chi connectivity index (χ1n) is 10.6. The van der Waals surface area contributed by atoms with Crippen LogP contribution in [-0.4, -0.2) is 52.1 Å². The van der Waals surface area contributed by atoms with Crippen LogP contribution in [0.5, 0.6) is 0 Å². The number of pyridine rings is 2. The highest BCUT2D eigenvalue weighted by Gasteiger charge is 2.39. The Morgan fingerprint density at radius 3 is 2.81 bits per heavy atom. The van der Waals surface area contributed by atoms with Crippen molar-refractivity contribution in [1.82, 2.24) is 39.7 Å². The number of alkyl halides is 3. The fourth-order valence-corrected chi connectivity index (χ4v) is 4.25. The molecule has 1 aliphatic rings. The molecule has 0 saturated carbocycles. The van der Waals surface area contributed by atoms with E-state index in [4.69, 9.17) is 4.42 Å². The molecule has 0 saturated heterocycles. The maximum absolute atomic E-state index is 14.1. The molecule has 0 aromatic carbocycles. The van der Waals surface area contributed by atoms with Gasteiger partial charge in [0, 0.05) is 24.9 Å². The number of halogens is 4. The minimum absolute atomic E-state index is 0.161. The number of aromatic amines is 1. The van der Waals surface area contributed by atoms with E-state index in [1.807, 2.05) is 0 Å². The molecule has 0 fully saturated rings. The van der Waals surface area contributed by atoms with Gasteiger partial charge in [0.25, 0.3) is 5.89 Å². The smallest absolute Gasteiger partial charge is 0.411 e. The van der Waals surface area contributed by atoms with Gasteiger partial charge in [-0.05, 0) is 30.3 Å². The van der Waals surface area contributed by atoms with Gasteiger partial charge in [0.15, 0.2) is 11.5 Å². The number of amides is 1. The van der Waals surface area contributed by atoms with E-state index < -0.39 is 35.5 Å². The summed E-state index contributed by atoms with van der Waals surface area (Å²) >= 11 is 0. The number of imidazole rings is 1. The standard InChI is InChI=1S/C22H14F4N8O2/c23-12-4-2-7-27-16(12)19-30-31-20(36-19)21(35)33-8-6-13-17(29-10-28-13)18(33)14-9-11-3-1-5-15(22(24,25)26)34(11)32-14/h1-5,7,9-10,18H,6,8H2,(H,28,29)/t18-/m0/s1. The number of nitrogens with one attached hydrogen (secondary N) is 1. The molecular formula is C22H14F4N8O2. The summed E-state index contributed by atoms with van der Waals surface area (Å²) < 4.78 is 61.0. The summed E-state index contributed by atoms with van der Waals surface area (Å²) in [4.78, 5) is 25.9. The number of rotatable bonds is 3. The van der Waals surface area contributed by atoms with Gasteiger partial charge in [0.05, 0.1) is 23.2 Å². The Balaban J connectivity index is 1.42. The fourth-order valence-electron chi connectivity index (χ4n) is 4.25. The van der Waals surface area contributed by atoms with E-state index in [1.165, 1.54) is 41.7 Å². The first kappa shape index (κ1) is 21.9. The molecule has 14 heteroatoms. The summed E-state index contributed by atoms with van der Waals surface area (Å²) in [6.45, 7) is 0.161. The maximum Gasteiger partial charge on any atom is 0.433 e. The minimum atomic E-state index is -4.64. The van der Waals surface area contributed by atoms with Crippen LogP contribution in [0.15, 0.2) is 53.3 Å². The topological polar surface area (TPSA) is 118 Å². The van der Waals surface area contributed by atoms with Crippen molar-refractivity contribution in [2.24, 2.45) is 0 Å². The van der Waals surface area contributed by atoms with Gasteiger partial charge < -0.3 is 14.3 Å². The molecule has 0 unspecified atom stereocenters. The second kappa shape index (κ2) is 7.96. The zero-order valence-corrected chi connectivity index (χ0v) is 18.1. The summed E-state index contributed by atoms with van der Waals surface area (Å²) in [7, 11) is 0. The molecule has 1 N–H and O–H groups in total. The number of fused-ring (bicyclic) bond motifs is 2. The van der Waals surface area contributed by atoms with Crippen molar-refractivity contribution in [3.63, 3.8) is 0 Å². The molecule has 10 nitrogen and oxygen atoms in total. The Bertz CT molecular complexity index is 1600. The summed E-state index contributed by atoms with van der Waals surface area (Å²) in [5, 5.41) is 11.7. The lowest BCUT2D eigenvalue weighted by Crippen LogP contribution is -2.41. The monoisotopic (exact) mass is 498 g/mol. The highest BCUT2D eigenvalue weighted by atomic mass is 19.4. The third kappa shape index (κ3) is 3.49. The summed E-state index contributed by atoms with van der Waals surface area (Å²) in [5.74, 6) is -2.13. The Labute approximate surface area is 198 Å². The molecule has 6 rings (SSSR count). The van der Waals surface area contributed by atoms with E-state index >= 15 is 0 Å². The van der Waals surface area contributed by atoms with Crippen LogP contribution in [0.4, 0.5) is 17.6 Å². The number of H-pyrrole nitrogens is 1. The number of aromatic nitrogens is 7. The molecule has 0 bridgehead atoms. The van der Waals surface area contributed by atoms with E-state index in [-0.39, 0.29) is 29.3 Å². The van der Waals surface area contributed by atoms with Crippen LogP contribution >= 0.6 is 0 Å². The predicted molar refractivity (Wildman–Crippen MR) is 113 cm³/mol. The van der Waals surface area contributed by atoms with Crippen molar-refractivity contribution < 1.29 is 26.8 Å². The van der Waals surface area contributed by atoms with Crippen LogP contribution in [-0.2, 0) is 12.6 Å². The van der Waals surface area contributed by atoms with Crippen molar-refractivity contribution >= 4 is 11.4 Å². The zero-order valence-electron chi connectivity index (χ0n) is 18.1. The summed E-state index contributed by atoms with van der Waals surface area (Å²) in [6.07, 6.45) is -1.46. The Morgan fingerprint density at radius 1 is 1.14 bits per heavy atom. The average molecular weight is 498 g/mol. The molecule has 0 spiro atoms. The number of hydrogen-bond acceptors (Lipinski definition) is 7. The van der Waals surface area contributed by atoms with Crippen molar-refractivity contribution in [3.8, 4) is 11.6 Å². The third-order valence-electron chi connectivity index (χ3n) is 5.83. The molecule has 1 atom stereocenters. The Hall–Kier alpha value is -4.62. The second-order valence-corrected chi connectivity index (χ2v) is 7.98. The molecule has 182 valence electrons. The van der Waals surface area contributed by atoms with Crippen molar-refractivity contribution in [3.05, 3.63) is 83.4 Å². The van der Waals surface area contributed by atoms with Gasteiger partial charge in [-0.15, -0.1) is 10.2 Å². The van der Waals surface area contributed by atoms with Gasteiger partial charge >= 0.3 is 18.0 Å². The lowest BCUT2D eigenvalue weighted by Gasteiger charge is -2.32.